The molecule has 0 spiro atoms. The number of hydrogen-bond acceptors (Lipinski definition) is 3. The minimum absolute atomic E-state index is 0.308. The maximum absolute atomic E-state index is 11.3. The van der Waals surface area contributed by atoms with E-state index in [0.717, 1.165) is 18.8 Å². The van der Waals surface area contributed by atoms with E-state index in [1.807, 2.05) is 0 Å². The second-order valence-corrected chi connectivity index (χ2v) is 6.06. The van der Waals surface area contributed by atoms with Crippen LogP contribution in [-0.2, 0) is 9.53 Å². The van der Waals surface area contributed by atoms with Crippen LogP contribution in [0.5, 0.6) is 0 Å². The van der Waals surface area contributed by atoms with Gasteiger partial charge in [0.2, 0.25) is 0 Å². The van der Waals surface area contributed by atoms with Gasteiger partial charge in [0.1, 0.15) is 6.10 Å². The van der Waals surface area contributed by atoms with E-state index in [1.165, 1.54) is 43.4 Å². The molecular formula is C15H25NO4. The molecule has 0 unspecified atom stereocenters. The van der Waals surface area contributed by atoms with Crippen LogP contribution in [0.4, 0.5) is 4.79 Å². The first-order chi connectivity index (χ1) is 9.59. The highest BCUT2D eigenvalue weighted by Gasteiger charge is 2.45. The lowest BCUT2D eigenvalue weighted by Gasteiger charge is -2.39. The van der Waals surface area contributed by atoms with Crippen LogP contribution in [0.1, 0.15) is 58.3 Å². The Balaban J connectivity index is 1.70. The molecule has 1 saturated carbocycles. The van der Waals surface area contributed by atoms with Gasteiger partial charge >= 0.3 is 12.1 Å². The highest BCUT2D eigenvalue weighted by molar-refractivity contribution is 5.85. The SMILES string of the molecule is C[C@@H]1OC(=O)[C@@H]1N(CCCCC1CCCCC1)C(=O)O. The summed E-state index contributed by atoms with van der Waals surface area (Å²) in [6.07, 6.45) is 8.46. The molecule has 1 aliphatic carbocycles. The third-order valence-electron chi connectivity index (χ3n) is 4.56. The number of carbonyl (C=O) groups is 2. The molecule has 20 heavy (non-hydrogen) atoms. The van der Waals surface area contributed by atoms with Crippen molar-refractivity contribution < 1.29 is 19.4 Å². The first-order valence-corrected chi connectivity index (χ1v) is 7.79. The van der Waals surface area contributed by atoms with Gasteiger partial charge in [-0.3, -0.25) is 4.90 Å². The fraction of sp³-hybridized carbons (Fsp3) is 0.867. The normalized spacial score (nSPS) is 26.8. The number of cyclic esters (lactones) is 1. The number of hydrogen-bond donors (Lipinski definition) is 1. The van der Waals surface area contributed by atoms with Gasteiger partial charge in [0.25, 0.3) is 0 Å². The summed E-state index contributed by atoms with van der Waals surface area (Å²) in [6.45, 7) is 2.18. The zero-order chi connectivity index (χ0) is 14.5. The quantitative estimate of drug-likeness (QED) is 0.601. The number of amides is 1. The molecule has 5 heteroatoms. The van der Waals surface area contributed by atoms with Crippen LogP contribution in [0.3, 0.4) is 0 Å². The summed E-state index contributed by atoms with van der Waals surface area (Å²) >= 11 is 0. The Morgan fingerprint density at radius 2 is 2.00 bits per heavy atom. The molecule has 2 atom stereocenters. The van der Waals surface area contributed by atoms with Gasteiger partial charge in [0.15, 0.2) is 6.04 Å². The molecule has 1 aliphatic heterocycles. The molecular weight excluding hydrogens is 258 g/mol. The summed E-state index contributed by atoms with van der Waals surface area (Å²) in [4.78, 5) is 23.8. The number of esters is 1. The first-order valence-electron chi connectivity index (χ1n) is 7.79. The zero-order valence-corrected chi connectivity index (χ0v) is 12.2. The van der Waals surface area contributed by atoms with E-state index < -0.39 is 18.1 Å². The van der Waals surface area contributed by atoms with Crippen LogP contribution in [0, 0.1) is 5.92 Å². The van der Waals surface area contributed by atoms with E-state index in [9.17, 15) is 14.7 Å². The summed E-state index contributed by atoms with van der Waals surface area (Å²) in [5.41, 5.74) is 0. The maximum Gasteiger partial charge on any atom is 0.408 e. The van der Waals surface area contributed by atoms with Crippen molar-refractivity contribution in [2.45, 2.75) is 70.4 Å². The largest absolute Gasteiger partial charge is 0.465 e. The van der Waals surface area contributed by atoms with Gasteiger partial charge in [-0.25, -0.2) is 9.59 Å². The molecule has 0 aromatic heterocycles. The molecule has 5 nitrogen and oxygen atoms in total. The Morgan fingerprint density at radius 3 is 2.55 bits per heavy atom. The van der Waals surface area contributed by atoms with Crippen molar-refractivity contribution in [3.63, 3.8) is 0 Å². The highest BCUT2D eigenvalue weighted by atomic mass is 16.6. The van der Waals surface area contributed by atoms with Crippen LogP contribution in [0.25, 0.3) is 0 Å². The highest BCUT2D eigenvalue weighted by Crippen LogP contribution is 2.28. The lowest BCUT2D eigenvalue weighted by atomic mass is 9.86. The Hall–Kier alpha value is -1.26. The van der Waals surface area contributed by atoms with E-state index in [2.05, 4.69) is 0 Å². The summed E-state index contributed by atoms with van der Waals surface area (Å²) < 4.78 is 4.84. The average Bonchev–Trinajstić information content (AvgIpc) is 2.43. The van der Waals surface area contributed by atoms with Crippen LogP contribution >= 0.6 is 0 Å². The number of unbranched alkanes of at least 4 members (excludes halogenated alkanes) is 1. The zero-order valence-electron chi connectivity index (χ0n) is 12.2. The molecule has 0 aromatic rings. The fourth-order valence-electron chi connectivity index (χ4n) is 3.36. The molecule has 2 aliphatic rings. The minimum Gasteiger partial charge on any atom is -0.465 e. The van der Waals surface area contributed by atoms with Gasteiger partial charge in [-0.15, -0.1) is 0 Å². The number of rotatable bonds is 6. The number of ether oxygens (including phenoxy) is 1. The lowest BCUT2D eigenvalue weighted by Crippen LogP contribution is -2.60. The predicted molar refractivity (Wildman–Crippen MR) is 74.5 cm³/mol. The van der Waals surface area contributed by atoms with Gasteiger partial charge in [0.05, 0.1) is 0 Å². The molecule has 114 valence electrons. The van der Waals surface area contributed by atoms with Crippen molar-refractivity contribution in [2.24, 2.45) is 5.92 Å². The number of nitrogens with zero attached hydrogens (tertiary/aromatic N) is 1. The third kappa shape index (κ3) is 3.64. The minimum atomic E-state index is -1.02. The molecule has 2 rings (SSSR count). The van der Waals surface area contributed by atoms with Crippen molar-refractivity contribution in [1.82, 2.24) is 4.90 Å². The van der Waals surface area contributed by atoms with Crippen LogP contribution in [0.15, 0.2) is 0 Å². The van der Waals surface area contributed by atoms with Gasteiger partial charge in [-0.05, 0) is 19.3 Å². The van der Waals surface area contributed by atoms with Crippen LogP contribution in [-0.4, -0.2) is 40.8 Å². The monoisotopic (exact) mass is 283 g/mol. The Morgan fingerprint density at radius 1 is 1.30 bits per heavy atom. The van der Waals surface area contributed by atoms with Crippen molar-refractivity contribution >= 4 is 12.1 Å². The molecule has 1 heterocycles. The van der Waals surface area contributed by atoms with Crippen LogP contribution < -0.4 is 0 Å². The first kappa shape index (κ1) is 15.1. The van der Waals surface area contributed by atoms with E-state index in [-0.39, 0.29) is 6.10 Å². The lowest BCUT2D eigenvalue weighted by molar-refractivity contribution is -0.183. The van der Waals surface area contributed by atoms with Crippen molar-refractivity contribution in [2.75, 3.05) is 6.54 Å². The van der Waals surface area contributed by atoms with E-state index >= 15 is 0 Å². The summed E-state index contributed by atoms with van der Waals surface area (Å²) in [5, 5.41) is 9.21. The molecule has 0 bridgehead atoms. The number of carboxylic acid groups (broad SMARTS) is 1. The molecule has 1 saturated heterocycles. The topological polar surface area (TPSA) is 66.8 Å². The summed E-state index contributed by atoms with van der Waals surface area (Å²) in [7, 11) is 0. The smallest absolute Gasteiger partial charge is 0.408 e. The molecule has 1 N–H and O–H groups in total. The third-order valence-corrected chi connectivity index (χ3v) is 4.56. The van der Waals surface area contributed by atoms with E-state index in [4.69, 9.17) is 4.74 Å². The van der Waals surface area contributed by atoms with Gasteiger partial charge in [-0.2, -0.15) is 0 Å². The van der Waals surface area contributed by atoms with E-state index in [0.29, 0.717) is 6.54 Å². The predicted octanol–water partition coefficient (Wildman–Crippen LogP) is 3.03. The molecule has 1 amide bonds. The standard InChI is InChI=1S/C15H25NO4/c1-11-13(14(17)20-11)16(15(18)19)10-6-5-9-12-7-3-2-4-8-12/h11-13H,2-10H2,1H3,(H,18,19)/t11-,13+/m0/s1. The van der Waals surface area contributed by atoms with Gasteiger partial charge < -0.3 is 9.84 Å². The Bertz CT molecular complexity index is 352. The van der Waals surface area contributed by atoms with Crippen molar-refractivity contribution in [3.05, 3.63) is 0 Å². The second kappa shape index (κ2) is 6.95. The maximum atomic E-state index is 11.3. The van der Waals surface area contributed by atoms with Crippen molar-refractivity contribution in [1.29, 1.82) is 0 Å². The van der Waals surface area contributed by atoms with Crippen molar-refractivity contribution in [3.8, 4) is 0 Å². The second-order valence-electron chi connectivity index (χ2n) is 6.06. The van der Waals surface area contributed by atoms with Crippen LogP contribution in [0.2, 0.25) is 0 Å². The fourth-order valence-corrected chi connectivity index (χ4v) is 3.36. The average molecular weight is 283 g/mol. The number of carbonyl (C=O) groups excluding carboxylic acids is 1. The molecule has 0 aromatic carbocycles. The summed E-state index contributed by atoms with van der Waals surface area (Å²) in [5.74, 6) is 0.418. The molecule has 2 fully saturated rings. The Labute approximate surface area is 120 Å². The Kier molecular flexibility index (Phi) is 5.26. The summed E-state index contributed by atoms with van der Waals surface area (Å²) in [6, 6.07) is -0.595. The molecule has 0 radical (unpaired) electrons. The van der Waals surface area contributed by atoms with Gasteiger partial charge in [-0.1, -0.05) is 44.9 Å². The van der Waals surface area contributed by atoms with E-state index in [1.54, 1.807) is 6.92 Å². The van der Waals surface area contributed by atoms with Gasteiger partial charge in [0, 0.05) is 6.54 Å².